The molecule has 0 spiro atoms. The highest BCUT2D eigenvalue weighted by Crippen LogP contribution is 2.35. The lowest BCUT2D eigenvalue weighted by Crippen LogP contribution is -2.40. The Labute approximate surface area is 137 Å². The van der Waals surface area contributed by atoms with Gasteiger partial charge in [-0.2, -0.15) is 4.31 Å². The lowest BCUT2D eigenvalue weighted by molar-refractivity contribution is 0.0858. The number of ether oxygens (including phenoxy) is 1. The second kappa shape index (κ2) is 6.86. The monoisotopic (exact) mass is 343 g/mol. The van der Waals surface area contributed by atoms with Gasteiger partial charge >= 0.3 is 0 Å². The molecule has 3 rings (SSSR count). The molecular formula is C15H25N3O4S. The number of sulfonamides is 1. The van der Waals surface area contributed by atoms with Gasteiger partial charge in [0.1, 0.15) is 12.1 Å². The number of hydrogen-bond donors (Lipinski definition) is 0. The van der Waals surface area contributed by atoms with E-state index in [9.17, 15) is 8.42 Å². The Morgan fingerprint density at radius 3 is 2.65 bits per heavy atom. The zero-order valence-electron chi connectivity index (χ0n) is 13.8. The van der Waals surface area contributed by atoms with Crippen molar-refractivity contribution in [2.45, 2.75) is 58.1 Å². The molecule has 3 heterocycles. The number of piperidine rings is 1. The third kappa shape index (κ3) is 3.75. The molecule has 0 radical (unpaired) electrons. The largest absolute Gasteiger partial charge is 0.421 e. The summed E-state index contributed by atoms with van der Waals surface area (Å²) in [5, 5.41) is 8.21. The van der Waals surface area contributed by atoms with Gasteiger partial charge in [-0.05, 0) is 31.6 Å². The zero-order valence-corrected chi connectivity index (χ0v) is 14.6. The molecule has 0 N–H and O–H groups in total. The third-order valence-corrected chi connectivity index (χ3v) is 6.54. The maximum atomic E-state index is 12.7. The van der Waals surface area contributed by atoms with Gasteiger partial charge < -0.3 is 9.15 Å². The molecule has 1 aromatic heterocycles. The van der Waals surface area contributed by atoms with Crippen LogP contribution in [0, 0.1) is 5.92 Å². The third-order valence-electron chi connectivity index (χ3n) is 4.30. The number of aromatic nitrogens is 2. The summed E-state index contributed by atoms with van der Waals surface area (Å²) in [6.45, 7) is 5.07. The standard InChI is InChI=1S/C15H25N3O4S/c1-11(2)10-23(19,20)18-8-4-3-6-12(18)14-16-17-15(22-14)13-7-5-9-21-13/h11-13H,3-10H2,1-2H3/t12?,13-/m1/s1. The maximum absolute atomic E-state index is 12.7. The number of nitrogens with zero attached hydrogens (tertiary/aromatic N) is 3. The maximum Gasteiger partial charge on any atom is 0.245 e. The molecule has 2 atom stereocenters. The van der Waals surface area contributed by atoms with Crippen LogP contribution in [0.3, 0.4) is 0 Å². The molecule has 1 unspecified atom stereocenters. The van der Waals surface area contributed by atoms with E-state index in [0.717, 1.165) is 32.1 Å². The minimum Gasteiger partial charge on any atom is -0.421 e. The number of rotatable bonds is 5. The fourth-order valence-electron chi connectivity index (χ4n) is 3.29. The first kappa shape index (κ1) is 16.9. The molecule has 0 saturated carbocycles. The van der Waals surface area contributed by atoms with Crippen LogP contribution in [-0.2, 0) is 14.8 Å². The smallest absolute Gasteiger partial charge is 0.245 e. The van der Waals surface area contributed by atoms with E-state index in [1.807, 2.05) is 13.8 Å². The zero-order chi connectivity index (χ0) is 16.4. The van der Waals surface area contributed by atoms with E-state index >= 15 is 0 Å². The van der Waals surface area contributed by atoms with Crippen molar-refractivity contribution < 1.29 is 17.6 Å². The number of hydrogen-bond acceptors (Lipinski definition) is 6. The van der Waals surface area contributed by atoms with Gasteiger partial charge in [-0.25, -0.2) is 8.42 Å². The van der Waals surface area contributed by atoms with Crippen LogP contribution in [0.5, 0.6) is 0 Å². The molecule has 23 heavy (non-hydrogen) atoms. The van der Waals surface area contributed by atoms with E-state index in [1.165, 1.54) is 0 Å². The summed E-state index contributed by atoms with van der Waals surface area (Å²) < 4.78 is 38.2. The second-order valence-electron chi connectivity index (χ2n) is 6.77. The van der Waals surface area contributed by atoms with Gasteiger partial charge in [0.15, 0.2) is 0 Å². The quantitative estimate of drug-likeness (QED) is 0.816. The Morgan fingerprint density at radius 1 is 1.17 bits per heavy atom. The van der Waals surface area contributed by atoms with Crippen LogP contribution in [0.2, 0.25) is 0 Å². The van der Waals surface area contributed by atoms with E-state index in [1.54, 1.807) is 4.31 Å². The van der Waals surface area contributed by atoms with Gasteiger partial charge in [-0.3, -0.25) is 0 Å². The van der Waals surface area contributed by atoms with Crippen LogP contribution in [0.25, 0.3) is 0 Å². The van der Waals surface area contributed by atoms with Crippen LogP contribution in [0.1, 0.15) is 69.9 Å². The van der Waals surface area contributed by atoms with Crippen LogP contribution in [0.15, 0.2) is 4.42 Å². The summed E-state index contributed by atoms with van der Waals surface area (Å²) in [6, 6.07) is -0.338. The first-order chi connectivity index (χ1) is 11.0. The average molecular weight is 343 g/mol. The van der Waals surface area contributed by atoms with Gasteiger partial charge in [0.2, 0.25) is 21.8 Å². The van der Waals surface area contributed by atoms with E-state index < -0.39 is 10.0 Å². The summed E-state index contributed by atoms with van der Waals surface area (Å²) in [6.07, 6.45) is 4.30. The van der Waals surface area contributed by atoms with E-state index in [2.05, 4.69) is 10.2 Å². The molecule has 7 nitrogen and oxygen atoms in total. The second-order valence-corrected chi connectivity index (χ2v) is 8.74. The summed E-state index contributed by atoms with van der Waals surface area (Å²) >= 11 is 0. The molecule has 2 aliphatic rings. The fourth-order valence-corrected chi connectivity index (χ4v) is 5.31. The van der Waals surface area contributed by atoms with Crippen LogP contribution in [0.4, 0.5) is 0 Å². The molecule has 0 aliphatic carbocycles. The fraction of sp³-hybridized carbons (Fsp3) is 0.867. The Balaban J connectivity index is 1.81. The van der Waals surface area contributed by atoms with Crippen LogP contribution >= 0.6 is 0 Å². The Morgan fingerprint density at radius 2 is 1.96 bits per heavy atom. The molecule has 0 aromatic carbocycles. The predicted octanol–water partition coefficient (Wildman–Crippen LogP) is 2.43. The minimum atomic E-state index is -3.32. The van der Waals surface area contributed by atoms with Crippen molar-refractivity contribution in [2.75, 3.05) is 18.9 Å². The van der Waals surface area contributed by atoms with Crippen molar-refractivity contribution >= 4 is 10.0 Å². The highest BCUT2D eigenvalue weighted by molar-refractivity contribution is 7.89. The lowest BCUT2D eigenvalue weighted by Gasteiger charge is -2.32. The van der Waals surface area contributed by atoms with Crippen LogP contribution in [-0.4, -0.2) is 41.8 Å². The topological polar surface area (TPSA) is 85.5 Å². The molecule has 2 fully saturated rings. The van der Waals surface area contributed by atoms with E-state index in [4.69, 9.17) is 9.15 Å². The van der Waals surface area contributed by atoms with Gasteiger partial charge in [0.05, 0.1) is 5.75 Å². The minimum absolute atomic E-state index is 0.0905. The normalized spacial score (nSPS) is 26.9. The Hall–Kier alpha value is -0.990. The molecule has 8 heteroatoms. The van der Waals surface area contributed by atoms with Crippen molar-refractivity contribution in [1.29, 1.82) is 0 Å². The van der Waals surface area contributed by atoms with Crippen LogP contribution < -0.4 is 0 Å². The molecule has 0 bridgehead atoms. The molecule has 2 aliphatic heterocycles. The molecule has 0 amide bonds. The predicted molar refractivity (Wildman–Crippen MR) is 84.1 cm³/mol. The van der Waals surface area contributed by atoms with Crippen molar-refractivity contribution in [3.63, 3.8) is 0 Å². The highest BCUT2D eigenvalue weighted by Gasteiger charge is 2.37. The summed E-state index contributed by atoms with van der Waals surface area (Å²) in [5.41, 5.74) is 0. The van der Waals surface area contributed by atoms with E-state index in [-0.39, 0.29) is 23.8 Å². The van der Waals surface area contributed by atoms with Gasteiger partial charge in [-0.1, -0.05) is 20.3 Å². The summed E-state index contributed by atoms with van der Waals surface area (Å²) in [5.74, 6) is 1.12. The average Bonchev–Trinajstić information content (AvgIpc) is 3.17. The van der Waals surface area contributed by atoms with Crippen molar-refractivity contribution in [1.82, 2.24) is 14.5 Å². The van der Waals surface area contributed by atoms with Gasteiger partial charge in [0, 0.05) is 13.2 Å². The SMILES string of the molecule is CC(C)CS(=O)(=O)N1CCCCC1c1nnc([C@H]2CCCO2)o1. The highest BCUT2D eigenvalue weighted by atomic mass is 32.2. The molecule has 130 valence electrons. The summed E-state index contributed by atoms with van der Waals surface area (Å²) in [4.78, 5) is 0. The summed E-state index contributed by atoms with van der Waals surface area (Å²) in [7, 11) is -3.32. The van der Waals surface area contributed by atoms with Gasteiger partial charge in [0.25, 0.3) is 0 Å². The lowest BCUT2D eigenvalue weighted by atomic mass is 10.1. The molecule has 1 aromatic rings. The molecular weight excluding hydrogens is 318 g/mol. The van der Waals surface area contributed by atoms with E-state index in [0.29, 0.717) is 24.9 Å². The Bertz CT molecular complexity index is 622. The first-order valence-electron chi connectivity index (χ1n) is 8.42. The van der Waals surface area contributed by atoms with Crippen molar-refractivity contribution in [3.8, 4) is 0 Å². The first-order valence-corrected chi connectivity index (χ1v) is 10.0. The van der Waals surface area contributed by atoms with Crippen molar-refractivity contribution in [2.24, 2.45) is 5.92 Å². The Kier molecular flexibility index (Phi) is 5.03. The van der Waals surface area contributed by atoms with Gasteiger partial charge in [-0.15, -0.1) is 10.2 Å². The molecule has 2 saturated heterocycles. The van der Waals surface area contributed by atoms with Crippen molar-refractivity contribution in [3.05, 3.63) is 11.8 Å².